The largest absolute Gasteiger partial charge is 0.305 e. The molecule has 3 rings (SSSR count). The van der Waals surface area contributed by atoms with Crippen molar-refractivity contribution in [3.63, 3.8) is 0 Å². The molecule has 1 aliphatic rings. The summed E-state index contributed by atoms with van der Waals surface area (Å²) in [5.41, 5.74) is 9.46. The van der Waals surface area contributed by atoms with Crippen LogP contribution in [0.5, 0.6) is 0 Å². The van der Waals surface area contributed by atoms with E-state index in [0.29, 0.717) is 0 Å². The first-order valence-corrected chi connectivity index (χ1v) is 7.60. The van der Waals surface area contributed by atoms with Crippen molar-refractivity contribution < 1.29 is 4.79 Å². The van der Waals surface area contributed by atoms with Crippen LogP contribution >= 0.6 is 0 Å². The summed E-state index contributed by atoms with van der Waals surface area (Å²) in [5, 5.41) is 0. The summed E-state index contributed by atoms with van der Waals surface area (Å²) in [7, 11) is 0. The van der Waals surface area contributed by atoms with E-state index >= 15 is 0 Å². The van der Waals surface area contributed by atoms with Crippen LogP contribution in [0.2, 0.25) is 0 Å². The van der Waals surface area contributed by atoms with Gasteiger partial charge in [-0.2, -0.15) is 0 Å². The molecule has 2 aromatic carbocycles. The average Bonchev–Trinajstić information content (AvgIpc) is 2.57. The quantitative estimate of drug-likeness (QED) is 0.840. The van der Waals surface area contributed by atoms with Gasteiger partial charge in [0.15, 0.2) is 5.78 Å². The topological polar surface area (TPSA) is 41.1 Å². The van der Waals surface area contributed by atoms with Gasteiger partial charge in [0.25, 0.3) is 0 Å². The van der Waals surface area contributed by atoms with Crippen molar-refractivity contribution in [2.45, 2.75) is 19.3 Å². The van der Waals surface area contributed by atoms with Crippen molar-refractivity contribution in [3.05, 3.63) is 78.0 Å². The summed E-state index contributed by atoms with van der Waals surface area (Å²) in [4.78, 5) is 12.3. The van der Waals surface area contributed by atoms with E-state index in [2.05, 4.69) is 23.0 Å². The molecule has 0 radical (unpaired) electrons. The zero-order valence-corrected chi connectivity index (χ0v) is 12.6. The molecule has 2 atom stereocenters. The van der Waals surface area contributed by atoms with Crippen molar-refractivity contribution in [1.29, 1.82) is 0 Å². The lowest BCUT2D eigenvalue weighted by Gasteiger charge is -2.29. The lowest BCUT2D eigenvalue weighted by Crippen LogP contribution is -2.30. The van der Waals surface area contributed by atoms with Gasteiger partial charge in [0.2, 0.25) is 0 Å². The Kier molecular flexibility index (Phi) is 4.24. The van der Waals surface area contributed by atoms with Crippen LogP contribution in [0.15, 0.2) is 72.4 Å². The minimum absolute atomic E-state index is 0.0182. The fourth-order valence-electron chi connectivity index (χ4n) is 2.84. The van der Waals surface area contributed by atoms with E-state index in [1.807, 2.05) is 55.5 Å². The number of ketones is 1. The molecule has 0 heterocycles. The predicted octanol–water partition coefficient (Wildman–Crippen LogP) is 3.88. The number of benzene rings is 2. The first-order valence-electron chi connectivity index (χ1n) is 7.60. The van der Waals surface area contributed by atoms with Crippen molar-refractivity contribution in [1.82, 2.24) is 5.43 Å². The molecule has 0 bridgehead atoms. The minimum Gasteiger partial charge on any atom is -0.305 e. The highest BCUT2D eigenvalue weighted by Gasteiger charge is 2.29. The van der Waals surface area contributed by atoms with Crippen LogP contribution in [0.1, 0.15) is 24.8 Å². The number of anilines is 1. The predicted molar refractivity (Wildman–Crippen MR) is 89.3 cm³/mol. The van der Waals surface area contributed by atoms with Gasteiger partial charge in [0.1, 0.15) is 0 Å². The molecule has 0 aliphatic heterocycles. The fraction of sp³-hybridized carbons (Fsp3) is 0.211. The molecule has 0 spiro atoms. The van der Waals surface area contributed by atoms with Crippen LogP contribution in [-0.4, -0.2) is 5.78 Å². The number of hydrogen-bond donors (Lipinski definition) is 2. The second kappa shape index (κ2) is 6.48. The van der Waals surface area contributed by atoms with E-state index in [1.54, 1.807) is 6.08 Å². The maximum atomic E-state index is 12.3. The van der Waals surface area contributed by atoms with Gasteiger partial charge in [0.05, 0.1) is 5.69 Å². The zero-order chi connectivity index (χ0) is 15.4. The molecule has 1 aliphatic carbocycles. The van der Waals surface area contributed by atoms with Crippen molar-refractivity contribution in [3.8, 4) is 0 Å². The third-order valence-electron chi connectivity index (χ3n) is 4.18. The number of hydrazine groups is 1. The molecule has 0 fully saturated rings. The van der Waals surface area contributed by atoms with E-state index in [4.69, 9.17) is 0 Å². The Morgan fingerprint density at radius 1 is 0.909 bits per heavy atom. The molecule has 22 heavy (non-hydrogen) atoms. The Morgan fingerprint density at radius 3 is 2.23 bits per heavy atom. The normalized spacial score (nSPS) is 21.1. The summed E-state index contributed by atoms with van der Waals surface area (Å²) in [6.07, 6.45) is 2.55. The number of para-hydroxylation sites is 1. The van der Waals surface area contributed by atoms with E-state index in [9.17, 15) is 4.79 Å². The molecule has 0 amide bonds. The van der Waals surface area contributed by atoms with Crippen molar-refractivity contribution >= 4 is 11.5 Å². The standard InChI is InChI=1S/C19H20N2O/c1-14-18(15-8-4-2-5-9-15)12-17(13-19(14)22)21-20-16-10-6-3-7-11-16/h2-11,13-14,18,20-21H,12H2,1H3. The van der Waals surface area contributed by atoms with Gasteiger partial charge in [0, 0.05) is 17.7 Å². The van der Waals surface area contributed by atoms with Gasteiger partial charge >= 0.3 is 0 Å². The Balaban J connectivity index is 1.73. The van der Waals surface area contributed by atoms with Gasteiger partial charge in [-0.3, -0.25) is 4.79 Å². The highest BCUT2D eigenvalue weighted by atomic mass is 16.1. The van der Waals surface area contributed by atoms with E-state index in [-0.39, 0.29) is 17.6 Å². The van der Waals surface area contributed by atoms with E-state index in [0.717, 1.165) is 17.8 Å². The van der Waals surface area contributed by atoms with Crippen LogP contribution in [0.3, 0.4) is 0 Å². The third-order valence-corrected chi connectivity index (χ3v) is 4.18. The second-order valence-corrected chi connectivity index (χ2v) is 5.70. The fourth-order valence-corrected chi connectivity index (χ4v) is 2.84. The van der Waals surface area contributed by atoms with Crippen LogP contribution in [0, 0.1) is 5.92 Å². The first-order chi connectivity index (χ1) is 10.7. The smallest absolute Gasteiger partial charge is 0.160 e. The summed E-state index contributed by atoms with van der Waals surface area (Å²) in [6.45, 7) is 2.01. The Labute approximate surface area is 131 Å². The van der Waals surface area contributed by atoms with Gasteiger partial charge < -0.3 is 10.9 Å². The summed E-state index contributed by atoms with van der Waals surface area (Å²) >= 11 is 0. The maximum Gasteiger partial charge on any atom is 0.160 e. The van der Waals surface area contributed by atoms with Crippen molar-refractivity contribution in [2.24, 2.45) is 5.92 Å². The number of carbonyl (C=O) groups is 1. The van der Waals surface area contributed by atoms with Crippen LogP contribution < -0.4 is 10.9 Å². The van der Waals surface area contributed by atoms with Gasteiger partial charge in [-0.05, 0) is 30.0 Å². The number of rotatable bonds is 4. The van der Waals surface area contributed by atoms with Gasteiger partial charge in [-0.15, -0.1) is 0 Å². The molecule has 0 saturated carbocycles. The first kappa shape index (κ1) is 14.4. The molecule has 3 nitrogen and oxygen atoms in total. The SMILES string of the molecule is CC1C(=O)C=C(NNc2ccccc2)CC1c1ccccc1. The number of carbonyl (C=O) groups excluding carboxylic acids is 1. The summed E-state index contributed by atoms with van der Waals surface area (Å²) in [5.74, 6) is 0.418. The summed E-state index contributed by atoms with van der Waals surface area (Å²) in [6, 6.07) is 20.1. The minimum atomic E-state index is 0.0182. The highest BCUT2D eigenvalue weighted by Crippen LogP contribution is 2.34. The molecule has 2 N–H and O–H groups in total. The lowest BCUT2D eigenvalue weighted by molar-refractivity contribution is -0.118. The zero-order valence-electron chi connectivity index (χ0n) is 12.6. The lowest BCUT2D eigenvalue weighted by atomic mass is 9.78. The average molecular weight is 292 g/mol. The molecule has 3 heteroatoms. The van der Waals surface area contributed by atoms with Gasteiger partial charge in [-0.1, -0.05) is 55.5 Å². The van der Waals surface area contributed by atoms with E-state index in [1.165, 1.54) is 5.56 Å². The van der Waals surface area contributed by atoms with Crippen LogP contribution in [0.25, 0.3) is 0 Å². The van der Waals surface area contributed by atoms with Crippen LogP contribution in [-0.2, 0) is 4.79 Å². The number of hydrogen-bond acceptors (Lipinski definition) is 3. The third kappa shape index (κ3) is 3.19. The molecular formula is C19H20N2O. The molecule has 0 saturated heterocycles. The molecular weight excluding hydrogens is 272 g/mol. The number of allylic oxidation sites excluding steroid dienone is 2. The summed E-state index contributed by atoms with van der Waals surface area (Å²) < 4.78 is 0. The maximum absolute atomic E-state index is 12.3. The Morgan fingerprint density at radius 2 is 1.55 bits per heavy atom. The molecule has 112 valence electrons. The highest BCUT2D eigenvalue weighted by molar-refractivity contribution is 5.93. The second-order valence-electron chi connectivity index (χ2n) is 5.70. The van der Waals surface area contributed by atoms with Crippen molar-refractivity contribution in [2.75, 3.05) is 5.43 Å². The monoisotopic (exact) mass is 292 g/mol. The van der Waals surface area contributed by atoms with Gasteiger partial charge in [-0.25, -0.2) is 0 Å². The molecule has 0 aromatic heterocycles. The van der Waals surface area contributed by atoms with E-state index < -0.39 is 0 Å². The molecule has 2 unspecified atom stereocenters. The Bertz CT molecular complexity index is 664. The number of nitrogens with one attached hydrogen (secondary N) is 2. The van der Waals surface area contributed by atoms with Crippen LogP contribution in [0.4, 0.5) is 5.69 Å². The molecule has 2 aromatic rings. The Hall–Kier alpha value is -2.55.